The standard InChI is InChI=1S/C25H26F3N3O2S/c1-3-21-23(22(32)14-17(2)31(21)16-20-8-5-13-34-20)24(33)30-11-9-29(10-12-30)19-7-4-6-18(15-19)25(26,27)28/h4-8,13-15H,3,9-12,16H2,1-2H3. The Labute approximate surface area is 200 Å². The minimum Gasteiger partial charge on any atom is -0.368 e. The molecule has 180 valence electrons. The number of benzene rings is 1. The van der Waals surface area contributed by atoms with E-state index in [0.29, 0.717) is 50.5 Å². The summed E-state index contributed by atoms with van der Waals surface area (Å²) >= 11 is 1.62. The Morgan fingerprint density at radius 1 is 1.06 bits per heavy atom. The average Bonchev–Trinajstić information content (AvgIpc) is 3.33. The van der Waals surface area contributed by atoms with E-state index >= 15 is 0 Å². The third-order valence-corrected chi connectivity index (χ3v) is 7.04. The number of nitrogens with zero attached hydrogens (tertiary/aromatic N) is 3. The number of piperazine rings is 1. The van der Waals surface area contributed by atoms with Crippen molar-refractivity contribution in [3.8, 4) is 0 Å². The highest BCUT2D eigenvalue weighted by Gasteiger charge is 2.32. The number of rotatable bonds is 5. The van der Waals surface area contributed by atoms with E-state index in [0.717, 1.165) is 22.7 Å². The van der Waals surface area contributed by atoms with E-state index in [2.05, 4.69) is 0 Å². The van der Waals surface area contributed by atoms with Crippen molar-refractivity contribution in [1.82, 2.24) is 9.47 Å². The molecule has 0 radical (unpaired) electrons. The molecule has 3 aromatic rings. The molecule has 3 heterocycles. The summed E-state index contributed by atoms with van der Waals surface area (Å²) in [5.74, 6) is -0.314. The van der Waals surface area contributed by atoms with Crippen LogP contribution in [0, 0.1) is 6.92 Å². The van der Waals surface area contributed by atoms with Gasteiger partial charge in [-0.15, -0.1) is 11.3 Å². The molecule has 2 aromatic heterocycles. The van der Waals surface area contributed by atoms with Gasteiger partial charge < -0.3 is 14.4 Å². The molecule has 0 unspecified atom stereocenters. The maximum atomic E-state index is 13.4. The van der Waals surface area contributed by atoms with Gasteiger partial charge in [-0.1, -0.05) is 19.1 Å². The van der Waals surface area contributed by atoms with Gasteiger partial charge >= 0.3 is 6.18 Å². The number of pyridine rings is 1. The van der Waals surface area contributed by atoms with Crippen LogP contribution in [0.25, 0.3) is 0 Å². The Hall–Kier alpha value is -3.07. The summed E-state index contributed by atoms with van der Waals surface area (Å²) in [6.07, 6.45) is -3.87. The first kappa shape index (κ1) is 24.1. The smallest absolute Gasteiger partial charge is 0.368 e. The average molecular weight is 490 g/mol. The molecule has 0 spiro atoms. The van der Waals surface area contributed by atoms with E-state index in [9.17, 15) is 22.8 Å². The molecule has 0 aliphatic carbocycles. The van der Waals surface area contributed by atoms with Crippen molar-refractivity contribution >= 4 is 22.9 Å². The lowest BCUT2D eigenvalue weighted by molar-refractivity contribution is -0.137. The van der Waals surface area contributed by atoms with Gasteiger partial charge in [0.15, 0.2) is 5.43 Å². The lowest BCUT2D eigenvalue weighted by Gasteiger charge is -2.36. The van der Waals surface area contributed by atoms with Crippen LogP contribution in [0.1, 0.15) is 39.1 Å². The second kappa shape index (κ2) is 9.66. The molecule has 1 aliphatic heterocycles. The SMILES string of the molecule is CCc1c(C(=O)N2CCN(c3cccc(C(F)(F)F)c3)CC2)c(=O)cc(C)n1Cc1cccs1. The lowest BCUT2D eigenvalue weighted by atomic mass is 10.1. The van der Waals surface area contributed by atoms with Crippen molar-refractivity contribution in [2.75, 3.05) is 31.1 Å². The largest absolute Gasteiger partial charge is 0.416 e. The van der Waals surface area contributed by atoms with Gasteiger partial charge in [-0.3, -0.25) is 9.59 Å². The van der Waals surface area contributed by atoms with Crippen molar-refractivity contribution in [2.24, 2.45) is 0 Å². The monoisotopic (exact) mass is 489 g/mol. The molecule has 4 rings (SSSR count). The van der Waals surface area contributed by atoms with Gasteiger partial charge in [0.2, 0.25) is 0 Å². The fourth-order valence-electron chi connectivity index (χ4n) is 4.41. The normalized spacial score (nSPS) is 14.5. The molecule has 5 nitrogen and oxygen atoms in total. The van der Waals surface area contributed by atoms with Gasteiger partial charge in [0, 0.05) is 54.2 Å². The van der Waals surface area contributed by atoms with Gasteiger partial charge in [0.25, 0.3) is 5.91 Å². The summed E-state index contributed by atoms with van der Waals surface area (Å²) in [5, 5.41) is 1.99. The van der Waals surface area contributed by atoms with Crippen LogP contribution in [0.3, 0.4) is 0 Å². The van der Waals surface area contributed by atoms with E-state index in [1.54, 1.807) is 22.3 Å². The summed E-state index contributed by atoms with van der Waals surface area (Å²) in [6, 6.07) is 10.7. The number of carbonyl (C=O) groups is 1. The minimum absolute atomic E-state index is 0.192. The Morgan fingerprint density at radius 3 is 2.41 bits per heavy atom. The zero-order chi connectivity index (χ0) is 24.5. The molecule has 1 amide bonds. The van der Waals surface area contributed by atoms with E-state index < -0.39 is 11.7 Å². The van der Waals surface area contributed by atoms with Crippen molar-refractivity contribution in [1.29, 1.82) is 0 Å². The van der Waals surface area contributed by atoms with E-state index in [1.165, 1.54) is 12.1 Å². The number of alkyl halides is 3. The van der Waals surface area contributed by atoms with Crippen LogP contribution in [0.2, 0.25) is 0 Å². The summed E-state index contributed by atoms with van der Waals surface area (Å²) in [5.41, 5.74) is 1.20. The van der Waals surface area contributed by atoms with Gasteiger partial charge in [0.1, 0.15) is 5.56 Å². The molecule has 1 fully saturated rings. The molecule has 1 saturated heterocycles. The zero-order valence-corrected chi connectivity index (χ0v) is 19.9. The van der Waals surface area contributed by atoms with Crippen molar-refractivity contribution in [2.45, 2.75) is 33.0 Å². The predicted molar refractivity (Wildman–Crippen MR) is 128 cm³/mol. The van der Waals surface area contributed by atoms with E-state index in [4.69, 9.17) is 0 Å². The maximum Gasteiger partial charge on any atom is 0.416 e. The third-order valence-electron chi connectivity index (χ3n) is 6.17. The summed E-state index contributed by atoms with van der Waals surface area (Å²) in [6.45, 7) is 5.84. The predicted octanol–water partition coefficient (Wildman–Crippen LogP) is 4.81. The molecule has 0 bridgehead atoms. The number of halogens is 3. The molecule has 1 aromatic carbocycles. The number of carbonyl (C=O) groups excluding carboxylic acids is 1. The summed E-state index contributed by atoms with van der Waals surface area (Å²) < 4.78 is 41.3. The maximum absolute atomic E-state index is 13.4. The van der Waals surface area contributed by atoms with Crippen LogP contribution in [-0.4, -0.2) is 41.6 Å². The number of hydrogen-bond donors (Lipinski definition) is 0. The highest BCUT2D eigenvalue weighted by Crippen LogP contribution is 2.32. The fourth-order valence-corrected chi connectivity index (χ4v) is 5.10. The van der Waals surface area contributed by atoms with E-state index in [-0.39, 0.29) is 16.9 Å². The Kier molecular flexibility index (Phi) is 6.84. The molecule has 0 saturated carbocycles. The van der Waals surface area contributed by atoms with Gasteiger partial charge in [-0.2, -0.15) is 13.2 Å². The second-order valence-electron chi connectivity index (χ2n) is 8.32. The second-order valence-corrected chi connectivity index (χ2v) is 9.35. The van der Waals surface area contributed by atoms with Gasteiger partial charge in [-0.25, -0.2) is 0 Å². The van der Waals surface area contributed by atoms with Crippen molar-refractivity contribution < 1.29 is 18.0 Å². The number of anilines is 1. The van der Waals surface area contributed by atoms with Crippen LogP contribution >= 0.6 is 11.3 Å². The third kappa shape index (κ3) is 4.89. The Bertz CT molecular complexity index is 1230. The van der Waals surface area contributed by atoms with Crippen LogP contribution < -0.4 is 10.3 Å². The first-order valence-corrected chi connectivity index (χ1v) is 12.0. The number of aromatic nitrogens is 1. The quantitative estimate of drug-likeness (QED) is 0.517. The Balaban J connectivity index is 1.55. The van der Waals surface area contributed by atoms with Crippen LogP contribution in [0.5, 0.6) is 0 Å². The topological polar surface area (TPSA) is 45.6 Å². The lowest BCUT2D eigenvalue weighted by Crippen LogP contribution is -2.50. The minimum atomic E-state index is -4.40. The molecule has 1 aliphatic rings. The highest BCUT2D eigenvalue weighted by atomic mass is 32.1. The number of thiophene rings is 1. The van der Waals surface area contributed by atoms with Crippen molar-refractivity contribution in [3.05, 3.63) is 85.5 Å². The van der Waals surface area contributed by atoms with Crippen LogP contribution in [-0.2, 0) is 19.1 Å². The molecule has 0 N–H and O–H groups in total. The first-order chi connectivity index (χ1) is 16.2. The van der Waals surface area contributed by atoms with Crippen LogP contribution in [0.4, 0.5) is 18.9 Å². The molecule has 34 heavy (non-hydrogen) atoms. The van der Waals surface area contributed by atoms with E-state index in [1.807, 2.05) is 40.8 Å². The summed E-state index contributed by atoms with van der Waals surface area (Å²) in [7, 11) is 0. The van der Waals surface area contributed by atoms with Crippen LogP contribution in [0.15, 0.2) is 52.6 Å². The first-order valence-electron chi connectivity index (χ1n) is 11.2. The highest BCUT2D eigenvalue weighted by molar-refractivity contribution is 7.09. The zero-order valence-electron chi connectivity index (χ0n) is 19.1. The van der Waals surface area contributed by atoms with Gasteiger partial charge in [-0.05, 0) is 43.0 Å². The number of hydrogen-bond acceptors (Lipinski definition) is 4. The fraction of sp³-hybridized carbons (Fsp3) is 0.360. The summed E-state index contributed by atoms with van der Waals surface area (Å²) in [4.78, 5) is 30.9. The molecular weight excluding hydrogens is 463 g/mol. The Morgan fingerprint density at radius 2 is 1.79 bits per heavy atom. The van der Waals surface area contributed by atoms with Crippen molar-refractivity contribution in [3.63, 3.8) is 0 Å². The molecule has 0 atom stereocenters. The number of amides is 1. The van der Waals surface area contributed by atoms with Gasteiger partial charge in [0.05, 0.1) is 12.1 Å². The molecule has 9 heteroatoms. The number of aryl methyl sites for hydroxylation is 1. The molecular formula is C25H26F3N3O2S.